The van der Waals surface area contributed by atoms with Gasteiger partial charge >= 0.3 is 0 Å². The molecular formula is C13H28B3N2O2. The summed E-state index contributed by atoms with van der Waals surface area (Å²) in [5.41, 5.74) is 0. The lowest BCUT2D eigenvalue weighted by Gasteiger charge is -2.15. The first-order valence-corrected chi connectivity index (χ1v) is 6.19. The van der Waals surface area contributed by atoms with E-state index in [4.69, 9.17) is 25.2 Å². The van der Waals surface area contributed by atoms with Gasteiger partial charge in [0.25, 0.3) is 0 Å². The average Bonchev–Trinajstić information content (AvgIpc) is 2.41. The molecule has 0 aliphatic rings. The summed E-state index contributed by atoms with van der Waals surface area (Å²) in [6.07, 6.45) is 1.69. The van der Waals surface area contributed by atoms with E-state index in [0.29, 0.717) is 13.5 Å². The quantitative estimate of drug-likeness (QED) is 0.366. The van der Waals surface area contributed by atoms with Crippen LogP contribution in [0.1, 0.15) is 34.1 Å². The smallest absolute Gasteiger partial charge is 0.186 e. The van der Waals surface area contributed by atoms with Crippen LogP contribution in [0.2, 0.25) is 0 Å². The fraction of sp³-hybridized carbons (Fsp3) is 0.692. The molecule has 0 aliphatic carbocycles. The molecule has 0 fully saturated rings. The van der Waals surface area contributed by atoms with Crippen LogP contribution >= 0.6 is 0 Å². The van der Waals surface area contributed by atoms with Crippen molar-refractivity contribution in [3.63, 3.8) is 0 Å². The van der Waals surface area contributed by atoms with Crippen LogP contribution in [-0.2, 0) is 9.47 Å². The van der Waals surface area contributed by atoms with E-state index < -0.39 is 0 Å². The van der Waals surface area contributed by atoms with Crippen LogP contribution in [0.15, 0.2) is 24.7 Å². The molecule has 0 saturated heterocycles. The van der Waals surface area contributed by atoms with Crippen molar-refractivity contribution in [3.8, 4) is 0 Å². The second kappa shape index (κ2) is 16.2. The molecule has 0 N–H and O–H groups in total. The van der Waals surface area contributed by atoms with E-state index in [1.165, 1.54) is 12.1 Å². The van der Waals surface area contributed by atoms with Crippen LogP contribution < -0.4 is 0 Å². The SMILES string of the molecule is C.[B]N(C)COC(=C)CC.[B][B]N(C)COC(=C)CC. The molecular weight excluding hydrogens is 249 g/mol. The maximum absolute atomic E-state index is 5.26. The maximum Gasteiger partial charge on any atom is 0.186 e. The summed E-state index contributed by atoms with van der Waals surface area (Å²) in [4.78, 5) is 3.20. The van der Waals surface area contributed by atoms with E-state index in [1.807, 2.05) is 20.9 Å². The van der Waals surface area contributed by atoms with Crippen molar-refractivity contribution in [2.24, 2.45) is 0 Å². The zero-order valence-corrected chi connectivity index (χ0v) is 12.7. The molecule has 20 heavy (non-hydrogen) atoms. The van der Waals surface area contributed by atoms with Crippen LogP contribution in [0, 0.1) is 0 Å². The van der Waals surface area contributed by atoms with Gasteiger partial charge in [0.05, 0.1) is 11.5 Å². The molecule has 0 heterocycles. The molecule has 0 aromatic carbocycles. The Bertz CT molecular complexity index is 252. The molecule has 5 radical (unpaired) electrons. The number of hydrogen-bond acceptors (Lipinski definition) is 4. The van der Waals surface area contributed by atoms with Crippen molar-refractivity contribution >= 4 is 23.0 Å². The van der Waals surface area contributed by atoms with Crippen LogP contribution in [0.5, 0.6) is 0 Å². The van der Waals surface area contributed by atoms with Gasteiger partial charge in [-0.05, 0) is 14.1 Å². The Labute approximate surface area is 129 Å². The van der Waals surface area contributed by atoms with Crippen molar-refractivity contribution in [3.05, 3.63) is 24.7 Å². The first-order valence-electron chi connectivity index (χ1n) is 6.19. The van der Waals surface area contributed by atoms with Crippen LogP contribution in [-0.4, -0.2) is 60.2 Å². The number of nitrogens with zero attached hydrogens (tertiary/aromatic N) is 2. The monoisotopic (exact) mass is 277 g/mol. The molecule has 0 bridgehead atoms. The molecule has 7 heteroatoms. The second-order valence-electron chi connectivity index (χ2n) is 3.99. The number of rotatable bonds is 9. The second-order valence-corrected chi connectivity index (χ2v) is 3.99. The molecule has 0 unspecified atom stereocenters. The average molecular weight is 277 g/mol. The number of ether oxygens (including phenoxy) is 2. The summed E-state index contributed by atoms with van der Waals surface area (Å²) in [6, 6.07) is 0. The first-order chi connectivity index (χ1) is 8.87. The van der Waals surface area contributed by atoms with E-state index in [-0.39, 0.29) is 7.43 Å². The van der Waals surface area contributed by atoms with Gasteiger partial charge < -0.3 is 19.1 Å². The molecule has 0 atom stereocenters. The molecule has 111 valence electrons. The van der Waals surface area contributed by atoms with Gasteiger partial charge in [-0.2, -0.15) is 0 Å². The summed E-state index contributed by atoms with van der Waals surface area (Å²) in [5.74, 6) is 1.56. The highest BCUT2D eigenvalue weighted by Gasteiger charge is 1.94. The highest BCUT2D eigenvalue weighted by molar-refractivity contribution is 6.87. The fourth-order valence-corrected chi connectivity index (χ4v) is 0.633. The summed E-state index contributed by atoms with van der Waals surface area (Å²) in [6.45, 7) is 12.2. The van der Waals surface area contributed by atoms with E-state index in [0.717, 1.165) is 24.4 Å². The Morgan fingerprint density at radius 1 is 1.05 bits per heavy atom. The number of allylic oxidation sites excluding steroid dienone is 2. The third-order valence-corrected chi connectivity index (χ3v) is 1.99. The summed E-state index contributed by atoms with van der Waals surface area (Å²) >= 11 is 0. The van der Waals surface area contributed by atoms with Crippen molar-refractivity contribution in [1.82, 2.24) is 9.62 Å². The van der Waals surface area contributed by atoms with Crippen LogP contribution in [0.25, 0.3) is 0 Å². The Morgan fingerprint density at radius 2 is 1.45 bits per heavy atom. The van der Waals surface area contributed by atoms with Gasteiger partial charge in [0.1, 0.15) is 13.5 Å². The normalized spacial score (nSPS) is 9.10. The largest absolute Gasteiger partial charge is 0.484 e. The molecule has 0 rings (SSSR count). The Hall–Kier alpha value is -0.805. The maximum atomic E-state index is 5.26. The van der Waals surface area contributed by atoms with Gasteiger partial charge in [-0.25, -0.2) is 0 Å². The zero-order chi connectivity index (χ0) is 15.3. The molecule has 0 amide bonds. The van der Waals surface area contributed by atoms with E-state index in [2.05, 4.69) is 13.2 Å². The highest BCUT2D eigenvalue weighted by Crippen LogP contribution is 1.98. The van der Waals surface area contributed by atoms with E-state index in [1.54, 1.807) is 11.9 Å². The Balaban J connectivity index is -0.000000277. The van der Waals surface area contributed by atoms with Crippen molar-refractivity contribution in [2.45, 2.75) is 34.1 Å². The van der Waals surface area contributed by atoms with E-state index >= 15 is 0 Å². The fourth-order valence-electron chi connectivity index (χ4n) is 0.633. The Morgan fingerprint density at radius 3 is 1.75 bits per heavy atom. The van der Waals surface area contributed by atoms with Crippen molar-refractivity contribution < 1.29 is 9.47 Å². The summed E-state index contributed by atoms with van der Waals surface area (Å²) in [7, 11) is 15.5. The molecule has 0 saturated carbocycles. The highest BCUT2D eigenvalue weighted by atomic mass is 16.5. The standard InChI is InChI=1S/C6H12B2NO.C6H12BNO.CH4/c1-4-6(2)10-5-9(3)8-7;1-4-6(2)9-5-8(3)7;/h2,4-5H2,1,3H3;2,4-5H2,1,3H3;1H4. The van der Waals surface area contributed by atoms with Crippen molar-refractivity contribution in [2.75, 3.05) is 27.6 Å². The lowest BCUT2D eigenvalue weighted by Crippen LogP contribution is -2.25. The minimum Gasteiger partial charge on any atom is -0.484 e. The van der Waals surface area contributed by atoms with Gasteiger partial charge in [-0.3, -0.25) is 0 Å². The molecule has 0 aromatic heterocycles. The first kappa shape index (κ1) is 24.2. The lowest BCUT2D eigenvalue weighted by molar-refractivity contribution is 0.140. The van der Waals surface area contributed by atoms with Gasteiger partial charge in [0.2, 0.25) is 0 Å². The number of hydrogen-bond donors (Lipinski definition) is 0. The molecule has 0 aromatic rings. The zero-order valence-electron chi connectivity index (χ0n) is 12.7. The lowest BCUT2D eigenvalue weighted by atomic mass is 9.66. The predicted octanol–water partition coefficient (Wildman–Crippen LogP) is 2.05. The van der Waals surface area contributed by atoms with Gasteiger partial charge in [0.15, 0.2) is 15.3 Å². The minimum absolute atomic E-state index is 0. The third kappa shape index (κ3) is 19.5. The topological polar surface area (TPSA) is 24.9 Å². The minimum atomic E-state index is 0. The van der Waals surface area contributed by atoms with Gasteiger partial charge in [-0.15, -0.1) is 0 Å². The Kier molecular flexibility index (Phi) is 19.7. The predicted molar refractivity (Wildman–Crippen MR) is 90.3 cm³/mol. The van der Waals surface area contributed by atoms with Crippen LogP contribution in [0.3, 0.4) is 0 Å². The van der Waals surface area contributed by atoms with Crippen LogP contribution in [0.4, 0.5) is 0 Å². The van der Waals surface area contributed by atoms with E-state index in [9.17, 15) is 0 Å². The van der Waals surface area contributed by atoms with Crippen molar-refractivity contribution in [1.29, 1.82) is 0 Å². The summed E-state index contributed by atoms with van der Waals surface area (Å²) in [5, 5.41) is 0. The van der Waals surface area contributed by atoms with Gasteiger partial charge in [0, 0.05) is 20.6 Å². The summed E-state index contributed by atoms with van der Waals surface area (Å²) < 4.78 is 10.2. The van der Waals surface area contributed by atoms with Gasteiger partial charge in [-0.1, -0.05) is 34.4 Å². The third-order valence-electron chi connectivity index (χ3n) is 1.99. The molecule has 4 nitrogen and oxygen atoms in total. The molecule has 0 spiro atoms. The molecule has 0 aliphatic heterocycles.